The molecule has 0 bridgehead atoms. The molecule has 1 fully saturated rings. The summed E-state index contributed by atoms with van der Waals surface area (Å²) in [6, 6.07) is 1.18. The first-order valence-electron chi connectivity index (χ1n) is 11.8. The molecule has 0 spiro atoms. The average molecular weight is 605 g/mol. The van der Waals surface area contributed by atoms with Gasteiger partial charge in [-0.3, -0.25) is 9.89 Å². The summed E-state index contributed by atoms with van der Waals surface area (Å²) in [5.74, 6) is -3.79. The van der Waals surface area contributed by atoms with Gasteiger partial charge in [0.25, 0.3) is 5.91 Å². The lowest BCUT2D eigenvalue weighted by atomic mass is 9.90. The van der Waals surface area contributed by atoms with E-state index in [2.05, 4.69) is 21.4 Å². The number of benzene rings is 1. The van der Waals surface area contributed by atoms with Crippen LogP contribution in [0.5, 0.6) is 0 Å². The lowest BCUT2D eigenvalue weighted by Crippen LogP contribution is -2.53. The van der Waals surface area contributed by atoms with Gasteiger partial charge in [-0.1, -0.05) is 0 Å². The van der Waals surface area contributed by atoms with Crippen LogP contribution in [0.25, 0.3) is 11.1 Å². The summed E-state index contributed by atoms with van der Waals surface area (Å²) in [6.45, 7) is 4.59. The summed E-state index contributed by atoms with van der Waals surface area (Å²) in [5, 5.41) is 22.3. The summed E-state index contributed by atoms with van der Waals surface area (Å²) in [6.07, 6.45) is -1.89. The van der Waals surface area contributed by atoms with Crippen LogP contribution in [0.1, 0.15) is 41.3 Å². The number of carbonyl (C=O) groups is 1. The predicted octanol–water partition coefficient (Wildman–Crippen LogP) is 3.47. The maximum Gasteiger partial charge on any atom is 0.466 e. The number of hydrogen-bond donors (Lipinski definition) is 5. The number of nitriles is 1. The second kappa shape index (κ2) is 12.0. The van der Waals surface area contributed by atoms with Crippen LogP contribution in [-0.4, -0.2) is 59.3 Å². The average Bonchev–Trinajstić information content (AvgIpc) is 3.41. The maximum absolute atomic E-state index is 15.1. The zero-order valence-electron chi connectivity index (χ0n) is 21.7. The Balaban J connectivity index is 0.000000850. The van der Waals surface area contributed by atoms with E-state index in [0.29, 0.717) is 13.0 Å². The molecule has 222 valence electrons. The number of anilines is 1. The molecule has 1 amide bonds. The molecule has 12 nitrogen and oxygen atoms in total. The maximum atomic E-state index is 15.1. The lowest BCUT2D eigenvalue weighted by Gasteiger charge is -2.48. The zero-order chi connectivity index (χ0) is 30.9. The van der Waals surface area contributed by atoms with Gasteiger partial charge in [-0.25, -0.2) is 18.0 Å². The van der Waals surface area contributed by atoms with Crippen molar-refractivity contribution in [2.24, 2.45) is 5.92 Å². The Labute approximate surface area is 229 Å². The standard InChI is InChI=1S/C23H22F5N7O.H3O4P/c1-11-20(12(2)33-32-11)15-8-30-35(10-15)22-14(4-5-29)9-34(22)19-7-17(24)16(6-18(19)25)21(36)31-13(3)23(26,27)28;1-5(2,3)4/h6-8,10,13-14,22H,4,9H2,1-3H3,(H,31,36)(H,32,33);(H3,1,2,3,4)/t13-,14?,22?;/m0./s1. The van der Waals surface area contributed by atoms with Gasteiger partial charge in [-0.15, -0.1) is 0 Å². The smallest absolute Gasteiger partial charge is 0.346 e. The molecule has 2 unspecified atom stereocenters. The van der Waals surface area contributed by atoms with Crippen molar-refractivity contribution in [2.45, 2.75) is 45.6 Å². The van der Waals surface area contributed by atoms with E-state index >= 15 is 4.39 Å². The van der Waals surface area contributed by atoms with Crippen LogP contribution in [0.4, 0.5) is 27.6 Å². The number of rotatable bonds is 6. The quantitative estimate of drug-likeness (QED) is 0.208. The normalized spacial score (nSPS) is 17.7. The Bertz CT molecular complexity index is 1490. The topological polar surface area (TPSA) is 180 Å². The molecule has 1 saturated heterocycles. The third-order valence-corrected chi connectivity index (χ3v) is 6.24. The molecule has 18 heteroatoms. The van der Waals surface area contributed by atoms with Gasteiger partial charge in [0.05, 0.1) is 29.2 Å². The Morgan fingerprint density at radius 1 is 1.27 bits per heavy atom. The highest BCUT2D eigenvalue weighted by Crippen LogP contribution is 2.42. The number of aryl methyl sites for hydroxylation is 2. The molecule has 2 aromatic heterocycles. The van der Waals surface area contributed by atoms with Gasteiger partial charge in [-0.05, 0) is 26.8 Å². The third-order valence-electron chi connectivity index (χ3n) is 6.24. The SMILES string of the molecule is Cc1n[nH]c(C)c1-c1cnn(C2C(CC#N)CN2c2cc(F)c(C(=O)N[C@@H](C)C(F)(F)F)cc2F)c1.O=P(O)(O)O. The number of halogens is 5. The third kappa shape index (κ3) is 7.47. The number of alkyl halides is 3. The molecule has 0 saturated carbocycles. The van der Waals surface area contributed by atoms with Gasteiger partial charge in [0.2, 0.25) is 0 Å². The van der Waals surface area contributed by atoms with Crippen molar-refractivity contribution in [3.63, 3.8) is 0 Å². The van der Waals surface area contributed by atoms with Crippen molar-refractivity contribution in [1.29, 1.82) is 5.26 Å². The van der Waals surface area contributed by atoms with Gasteiger partial charge in [0, 0.05) is 48.0 Å². The highest BCUT2D eigenvalue weighted by atomic mass is 31.2. The largest absolute Gasteiger partial charge is 0.466 e. The van der Waals surface area contributed by atoms with Crippen molar-refractivity contribution in [1.82, 2.24) is 25.3 Å². The number of phosphoric acid groups is 1. The monoisotopic (exact) mass is 605 g/mol. The van der Waals surface area contributed by atoms with Crippen molar-refractivity contribution < 1.29 is 46.0 Å². The van der Waals surface area contributed by atoms with E-state index in [-0.39, 0.29) is 24.6 Å². The molecule has 1 aliphatic heterocycles. The van der Waals surface area contributed by atoms with Crippen LogP contribution in [0.15, 0.2) is 24.5 Å². The zero-order valence-corrected chi connectivity index (χ0v) is 22.6. The number of nitrogens with zero attached hydrogens (tertiary/aromatic N) is 5. The minimum atomic E-state index is -4.73. The van der Waals surface area contributed by atoms with Crippen molar-refractivity contribution in [2.75, 3.05) is 11.4 Å². The number of amides is 1. The molecule has 0 radical (unpaired) electrons. The Kier molecular flexibility index (Phi) is 9.24. The molecule has 4 rings (SSSR count). The van der Waals surface area contributed by atoms with E-state index < -0.39 is 49.3 Å². The second-order valence-corrected chi connectivity index (χ2v) is 10.3. The molecule has 5 N–H and O–H groups in total. The van der Waals surface area contributed by atoms with Gasteiger partial charge in [-0.2, -0.15) is 28.6 Å². The Morgan fingerprint density at radius 2 is 1.90 bits per heavy atom. The second-order valence-electron chi connectivity index (χ2n) is 9.24. The van der Waals surface area contributed by atoms with Crippen LogP contribution in [0.3, 0.4) is 0 Å². The molecule has 3 atom stereocenters. The van der Waals surface area contributed by atoms with E-state index in [1.54, 1.807) is 22.4 Å². The highest BCUT2D eigenvalue weighted by Gasteiger charge is 2.43. The molecule has 41 heavy (non-hydrogen) atoms. The van der Waals surface area contributed by atoms with Crippen molar-refractivity contribution in [3.8, 4) is 17.2 Å². The van der Waals surface area contributed by atoms with E-state index in [9.17, 15) is 27.6 Å². The summed E-state index contributed by atoms with van der Waals surface area (Å²) in [4.78, 5) is 35.2. The van der Waals surface area contributed by atoms with E-state index in [1.165, 1.54) is 4.90 Å². The Hall–Kier alpha value is -3.84. The minimum absolute atomic E-state index is 0.139. The highest BCUT2D eigenvalue weighted by molar-refractivity contribution is 7.45. The number of H-pyrrole nitrogens is 1. The van der Waals surface area contributed by atoms with Crippen molar-refractivity contribution in [3.05, 3.63) is 53.1 Å². The number of carbonyl (C=O) groups excluding carboxylic acids is 1. The van der Waals surface area contributed by atoms with E-state index in [1.807, 2.05) is 13.8 Å². The van der Waals surface area contributed by atoms with Gasteiger partial charge in [0.15, 0.2) is 0 Å². The summed E-state index contributed by atoms with van der Waals surface area (Å²) in [7, 11) is -4.64. The lowest BCUT2D eigenvalue weighted by molar-refractivity contribution is -0.149. The number of aromatic amines is 1. The fourth-order valence-corrected chi connectivity index (χ4v) is 4.33. The first-order valence-corrected chi connectivity index (χ1v) is 13.3. The minimum Gasteiger partial charge on any atom is -0.346 e. The molecule has 1 aliphatic rings. The Morgan fingerprint density at radius 3 is 2.44 bits per heavy atom. The van der Waals surface area contributed by atoms with Crippen LogP contribution >= 0.6 is 7.82 Å². The van der Waals surface area contributed by atoms with Crippen LogP contribution < -0.4 is 10.2 Å². The van der Waals surface area contributed by atoms with Gasteiger partial charge < -0.3 is 24.9 Å². The molecular formula is C23H25F5N7O5P. The molecular weight excluding hydrogens is 580 g/mol. The van der Waals surface area contributed by atoms with Crippen molar-refractivity contribution >= 4 is 19.4 Å². The summed E-state index contributed by atoms with van der Waals surface area (Å²) < 4.78 is 78.5. The first-order chi connectivity index (χ1) is 18.9. The molecule has 3 aromatic rings. The summed E-state index contributed by atoms with van der Waals surface area (Å²) >= 11 is 0. The van der Waals surface area contributed by atoms with E-state index in [0.717, 1.165) is 28.6 Å². The van der Waals surface area contributed by atoms with Crippen LogP contribution in [0.2, 0.25) is 0 Å². The molecule has 0 aliphatic carbocycles. The molecule has 1 aromatic carbocycles. The van der Waals surface area contributed by atoms with Gasteiger partial charge in [0.1, 0.15) is 23.8 Å². The predicted molar refractivity (Wildman–Crippen MR) is 133 cm³/mol. The first kappa shape index (κ1) is 31.7. The fourth-order valence-electron chi connectivity index (χ4n) is 4.33. The van der Waals surface area contributed by atoms with Crippen LogP contribution in [-0.2, 0) is 4.57 Å². The molecule has 3 heterocycles. The van der Waals surface area contributed by atoms with E-state index in [4.69, 9.17) is 19.2 Å². The fraction of sp³-hybridized carbons (Fsp3) is 0.391. The summed E-state index contributed by atoms with van der Waals surface area (Å²) in [5.41, 5.74) is 2.15. The number of hydrogen-bond acceptors (Lipinski definition) is 6. The number of nitrogens with one attached hydrogen (secondary N) is 2. The number of aromatic nitrogens is 4. The van der Waals surface area contributed by atoms with Gasteiger partial charge >= 0.3 is 14.0 Å². The van der Waals surface area contributed by atoms with Crippen LogP contribution in [0, 0.1) is 42.7 Å².